The molecule has 2 aromatic carbocycles. The number of aromatic nitrogens is 2. The van der Waals surface area contributed by atoms with Crippen LogP contribution >= 0.6 is 0 Å². The molecule has 1 atom stereocenters. The Labute approximate surface area is 197 Å². The first-order valence-corrected chi connectivity index (χ1v) is 11.7. The summed E-state index contributed by atoms with van der Waals surface area (Å²) in [5, 5.41) is 9.32. The van der Waals surface area contributed by atoms with E-state index in [0.717, 1.165) is 29.5 Å². The van der Waals surface area contributed by atoms with E-state index in [1.165, 1.54) is 4.90 Å². The Morgan fingerprint density at radius 1 is 1.03 bits per heavy atom. The molecule has 1 aromatic heterocycles. The Morgan fingerprint density at radius 2 is 1.76 bits per heavy atom. The first kappa shape index (κ1) is 22.4. The zero-order chi connectivity index (χ0) is 24.0. The summed E-state index contributed by atoms with van der Waals surface area (Å²) in [6, 6.07) is 12.5. The second-order valence-corrected chi connectivity index (χ2v) is 9.40. The molecule has 8 heteroatoms. The summed E-state index contributed by atoms with van der Waals surface area (Å²) in [6.45, 7) is 0.374. The molecular formula is C26H29N3O5. The van der Waals surface area contributed by atoms with E-state index in [-0.39, 0.29) is 37.1 Å². The maximum Gasteiger partial charge on any atom is 0.329 e. The lowest BCUT2D eigenvalue weighted by molar-refractivity contribution is -0.151. The number of ether oxygens (including phenoxy) is 1. The monoisotopic (exact) mass is 463 g/mol. The van der Waals surface area contributed by atoms with Crippen LogP contribution in [0.3, 0.4) is 0 Å². The van der Waals surface area contributed by atoms with Crippen molar-refractivity contribution in [2.24, 2.45) is 13.0 Å². The van der Waals surface area contributed by atoms with Crippen molar-refractivity contribution in [3.8, 4) is 5.75 Å². The summed E-state index contributed by atoms with van der Waals surface area (Å²) < 4.78 is 8.31. The highest BCUT2D eigenvalue weighted by atomic mass is 16.5. The third-order valence-electron chi connectivity index (χ3n) is 7.37. The molecule has 5 rings (SSSR count). The highest BCUT2D eigenvalue weighted by Crippen LogP contribution is 2.42. The van der Waals surface area contributed by atoms with E-state index >= 15 is 0 Å². The number of aryl methyl sites for hydroxylation is 1. The molecule has 1 saturated carbocycles. The van der Waals surface area contributed by atoms with Crippen LogP contribution in [0.25, 0.3) is 11.0 Å². The lowest BCUT2D eigenvalue weighted by atomic mass is 9.72. The van der Waals surface area contributed by atoms with Gasteiger partial charge in [-0.25, -0.2) is 4.79 Å². The molecule has 0 bridgehead atoms. The van der Waals surface area contributed by atoms with Crippen LogP contribution in [-0.2, 0) is 23.2 Å². The van der Waals surface area contributed by atoms with Crippen molar-refractivity contribution in [3.63, 3.8) is 0 Å². The number of hydrogen-bond acceptors (Lipinski definition) is 5. The van der Waals surface area contributed by atoms with E-state index < -0.39 is 6.04 Å². The third-order valence-corrected chi connectivity index (χ3v) is 7.37. The van der Waals surface area contributed by atoms with Crippen molar-refractivity contribution >= 4 is 22.8 Å². The van der Waals surface area contributed by atoms with Gasteiger partial charge in [-0.1, -0.05) is 18.2 Å². The van der Waals surface area contributed by atoms with E-state index in [9.17, 15) is 19.5 Å². The molecule has 1 saturated heterocycles. The van der Waals surface area contributed by atoms with Gasteiger partial charge in [0.2, 0.25) is 5.91 Å². The van der Waals surface area contributed by atoms with Crippen molar-refractivity contribution in [1.82, 2.24) is 14.0 Å². The number of benzene rings is 2. The number of imide groups is 1. The topological polar surface area (TPSA) is 93.8 Å². The zero-order valence-corrected chi connectivity index (χ0v) is 19.4. The molecule has 8 nitrogen and oxygen atoms in total. The van der Waals surface area contributed by atoms with Crippen LogP contribution in [0.4, 0.5) is 0 Å². The molecule has 178 valence electrons. The summed E-state index contributed by atoms with van der Waals surface area (Å²) in [4.78, 5) is 40.6. The first-order valence-electron chi connectivity index (χ1n) is 11.7. The number of imidazole rings is 1. The number of amides is 2. The summed E-state index contributed by atoms with van der Waals surface area (Å²) >= 11 is 0. The number of rotatable bonds is 6. The van der Waals surface area contributed by atoms with E-state index in [2.05, 4.69) is 0 Å². The highest BCUT2D eigenvalue weighted by Gasteiger charge is 2.37. The normalized spacial score (nSPS) is 22.8. The maximum atomic E-state index is 13.5. The van der Waals surface area contributed by atoms with Gasteiger partial charge in [0.05, 0.1) is 24.7 Å². The van der Waals surface area contributed by atoms with Crippen LogP contribution in [0.1, 0.15) is 48.8 Å². The number of fused-ring (bicyclic) bond motifs is 1. The molecule has 2 fully saturated rings. The van der Waals surface area contributed by atoms with Gasteiger partial charge in [0, 0.05) is 20.1 Å². The second kappa shape index (κ2) is 8.76. The summed E-state index contributed by atoms with van der Waals surface area (Å²) in [6.07, 6.45) is 2.40. The number of piperidine rings is 1. The smallest absolute Gasteiger partial charge is 0.329 e. The predicted octanol–water partition coefficient (Wildman–Crippen LogP) is 2.72. The number of aliphatic hydroxyl groups excluding tert-OH is 1. The number of nitrogens with zero attached hydrogens (tertiary/aromatic N) is 3. The fraction of sp³-hybridized carbons (Fsp3) is 0.423. The van der Waals surface area contributed by atoms with Crippen LogP contribution in [0.2, 0.25) is 0 Å². The number of carbonyl (C=O) groups excluding carboxylic acids is 2. The van der Waals surface area contributed by atoms with E-state index in [4.69, 9.17) is 4.74 Å². The summed E-state index contributed by atoms with van der Waals surface area (Å²) in [7, 11) is 3.30. The molecule has 0 spiro atoms. The summed E-state index contributed by atoms with van der Waals surface area (Å²) in [5.74, 6) is 0.858. The fourth-order valence-electron chi connectivity index (χ4n) is 5.23. The fourth-order valence-corrected chi connectivity index (χ4v) is 5.23. The average Bonchev–Trinajstić information content (AvgIpc) is 3.06. The molecule has 34 heavy (non-hydrogen) atoms. The number of hydrogen-bond donors (Lipinski definition) is 1. The lowest BCUT2D eigenvalue weighted by Gasteiger charge is -2.34. The number of methoxy groups -OCH3 is 1. The van der Waals surface area contributed by atoms with Crippen molar-refractivity contribution in [2.75, 3.05) is 13.7 Å². The minimum Gasteiger partial charge on any atom is -0.497 e. The van der Waals surface area contributed by atoms with Gasteiger partial charge in [-0.15, -0.1) is 0 Å². The van der Waals surface area contributed by atoms with Gasteiger partial charge < -0.3 is 9.84 Å². The van der Waals surface area contributed by atoms with Crippen molar-refractivity contribution in [2.45, 2.75) is 44.2 Å². The van der Waals surface area contributed by atoms with Gasteiger partial charge >= 0.3 is 5.69 Å². The van der Waals surface area contributed by atoms with Crippen LogP contribution in [-0.4, -0.2) is 44.7 Å². The Morgan fingerprint density at radius 3 is 2.44 bits per heavy atom. The van der Waals surface area contributed by atoms with Crippen LogP contribution in [0.5, 0.6) is 5.75 Å². The van der Waals surface area contributed by atoms with Gasteiger partial charge in [-0.05, 0) is 66.5 Å². The number of likely N-dealkylation sites (tertiary alicyclic amines) is 1. The Hall–Kier alpha value is -3.39. The van der Waals surface area contributed by atoms with Crippen molar-refractivity contribution in [1.29, 1.82) is 0 Å². The molecule has 3 aromatic rings. The van der Waals surface area contributed by atoms with Gasteiger partial charge in [0.1, 0.15) is 11.8 Å². The van der Waals surface area contributed by atoms with E-state index in [0.29, 0.717) is 29.5 Å². The Kier molecular flexibility index (Phi) is 5.77. The maximum absolute atomic E-state index is 13.5. The van der Waals surface area contributed by atoms with Crippen LogP contribution < -0.4 is 10.4 Å². The third kappa shape index (κ3) is 3.72. The quantitative estimate of drug-likeness (QED) is 0.568. The van der Waals surface area contributed by atoms with Gasteiger partial charge in [-0.2, -0.15) is 0 Å². The molecule has 1 aliphatic carbocycles. The van der Waals surface area contributed by atoms with Gasteiger partial charge in [-0.3, -0.25) is 23.6 Å². The van der Waals surface area contributed by atoms with E-state index in [1.54, 1.807) is 35.4 Å². The predicted molar refractivity (Wildman–Crippen MR) is 127 cm³/mol. The average molecular weight is 464 g/mol. The molecule has 0 radical (unpaired) electrons. The van der Waals surface area contributed by atoms with E-state index in [1.807, 2.05) is 30.3 Å². The van der Waals surface area contributed by atoms with Crippen molar-refractivity contribution < 1.29 is 19.4 Å². The lowest BCUT2D eigenvalue weighted by Crippen LogP contribution is -2.47. The van der Waals surface area contributed by atoms with Gasteiger partial charge in [0.15, 0.2) is 0 Å². The summed E-state index contributed by atoms with van der Waals surface area (Å²) in [5.41, 5.74) is 3.19. The standard InChI is InChI=1S/C26H29N3O5/c1-27-23-13-18(19-11-17(12-19)15-30)5-8-21(23)29(26(27)33)22-9-10-24(31)28(25(22)32)14-16-3-6-20(34-2)7-4-16/h3-8,13,17,19,22,30H,9-12,14-15H2,1-2H3. The molecule has 1 N–H and O–H groups in total. The SMILES string of the molecule is COc1ccc(CN2C(=O)CCC(n3c(=O)n(C)c4cc(C5CC(CO)C5)ccc43)C2=O)cc1. The number of aliphatic hydroxyl groups is 1. The Bertz CT molecular complexity index is 1300. The minimum atomic E-state index is -0.722. The molecule has 1 aliphatic heterocycles. The second-order valence-electron chi connectivity index (χ2n) is 9.40. The highest BCUT2D eigenvalue weighted by molar-refractivity contribution is 6.00. The number of carbonyl (C=O) groups is 2. The molecule has 2 amide bonds. The zero-order valence-electron chi connectivity index (χ0n) is 19.4. The first-order chi connectivity index (χ1) is 16.4. The Balaban J connectivity index is 1.45. The molecular weight excluding hydrogens is 434 g/mol. The van der Waals surface area contributed by atoms with Crippen LogP contribution in [0.15, 0.2) is 47.3 Å². The largest absolute Gasteiger partial charge is 0.497 e. The molecule has 2 aliphatic rings. The molecule has 2 heterocycles. The van der Waals surface area contributed by atoms with Crippen molar-refractivity contribution in [3.05, 3.63) is 64.1 Å². The molecule has 1 unspecified atom stereocenters. The van der Waals surface area contributed by atoms with Crippen LogP contribution in [0, 0.1) is 5.92 Å². The van der Waals surface area contributed by atoms with Gasteiger partial charge in [0.25, 0.3) is 5.91 Å². The minimum absolute atomic E-state index is 0.162.